The highest BCUT2D eigenvalue weighted by Crippen LogP contribution is 2.37. The Kier molecular flexibility index (Phi) is 8.03. The molecule has 0 aliphatic carbocycles. The van der Waals surface area contributed by atoms with E-state index in [-0.39, 0.29) is 15.9 Å². The van der Waals surface area contributed by atoms with Crippen molar-refractivity contribution in [2.24, 2.45) is 0 Å². The Morgan fingerprint density at radius 3 is 2.25 bits per heavy atom. The zero-order valence-corrected chi connectivity index (χ0v) is 14.6. The van der Waals surface area contributed by atoms with Gasteiger partial charge in [0, 0.05) is 4.75 Å². The molecule has 2 amide bonds. The highest BCUT2D eigenvalue weighted by molar-refractivity contribution is 8.16. The average Bonchev–Trinajstić information content (AvgIpc) is 2.69. The molecule has 0 atom stereocenters. The van der Waals surface area contributed by atoms with Gasteiger partial charge in [-0.1, -0.05) is 63.6 Å². The lowest BCUT2D eigenvalue weighted by Crippen LogP contribution is -2.29. The summed E-state index contributed by atoms with van der Waals surface area (Å²) in [5, 5.41) is -0.104. The summed E-state index contributed by atoms with van der Waals surface area (Å²) in [6.45, 7) is 6.48. The van der Waals surface area contributed by atoms with Crippen molar-refractivity contribution in [2.45, 2.75) is 76.9 Å². The third-order valence-electron chi connectivity index (χ3n) is 3.43. The molecule has 0 radical (unpaired) electrons. The van der Waals surface area contributed by atoms with Gasteiger partial charge in [0.25, 0.3) is 11.1 Å². The summed E-state index contributed by atoms with van der Waals surface area (Å²) in [5.74, 6) is 0.247. The van der Waals surface area contributed by atoms with Crippen LogP contribution in [0.4, 0.5) is 4.79 Å². The van der Waals surface area contributed by atoms with Gasteiger partial charge in [-0.3, -0.25) is 9.59 Å². The zero-order chi connectivity index (χ0) is 15.0. The molecule has 1 aliphatic heterocycles. The maximum absolute atomic E-state index is 11.6. The third kappa shape index (κ3) is 6.53. The molecule has 1 aliphatic rings. The van der Waals surface area contributed by atoms with Crippen LogP contribution in [0.5, 0.6) is 0 Å². The number of carbonyl (C=O) groups excluding carboxylic acids is 2. The highest BCUT2D eigenvalue weighted by Gasteiger charge is 2.35. The van der Waals surface area contributed by atoms with Crippen molar-refractivity contribution in [3.05, 3.63) is 0 Å². The van der Waals surface area contributed by atoms with E-state index >= 15 is 0 Å². The predicted octanol–water partition coefficient (Wildman–Crippen LogP) is 5.25. The van der Waals surface area contributed by atoms with Gasteiger partial charge in [0.1, 0.15) is 0 Å². The van der Waals surface area contributed by atoms with Crippen LogP contribution in [0, 0.1) is 0 Å². The van der Waals surface area contributed by atoms with E-state index in [0.717, 1.165) is 18.2 Å². The Morgan fingerprint density at radius 1 is 1.10 bits per heavy atom. The quantitative estimate of drug-likeness (QED) is 0.407. The van der Waals surface area contributed by atoms with Crippen LogP contribution >= 0.6 is 23.7 Å². The Balaban J connectivity index is 2.17. The molecule has 0 aromatic carbocycles. The van der Waals surface area contributed by atoms with Crippen LogP contribution in [0.2, 0.25) is 0 Å². The van der Waals surface area contributed by atoms with Crippen molar-refractivity contribution in [1.29, 1.82) is 0 Å². The van der Waals surface area contributed by atoms with Crippen molar-refractivity contribution in [1.82, 2.24) is 4.31 Å². The van der Waals surface area contributed by atoms with Gasteiger partial charge in [-0.2, -0.15) is 0 Å². The molecule has 0 aromatic heterocycles. The minimum Gasteiger partial charge on any atom is -0.272 e. The van der Waals surface area contributed by atoms with Crippen molar-refractivity contribution < 1.29 is 9.59 Å². The van der Waals surface area contributed by atoms with Gasteiger partial charge in [0.05, 0.1) is 5.75 Å². The average molecular weight is 318 g/mol. The number of hydrogen-bond acceptors (Lipinski definition) is 4. The minimum atomic E-state index is -0.104. The van der Waals surface area contributed by atoms with E-state index in [4.69, 9.17) is 0 Å². The van der Waals surface area contributed by atoms with Crippen molar-refractivity contribution in [2.75, 3.05) is 5.75 Å². The molecule has 0 saturated carbocycles. The van der Waals surface area contributed by atoms with Crippen LogP contribution in [0.25, 0.3) is 0 Å². The molecule has 5 heteroatoms. The predicted molar refractivity (Wildman–Crippen MR) is 89.0 cm³/mol. The van der Waals surface area contributed by atoms with E-state index in [1.165, 1.54) is 61.2 Å². The van der Waals surface area contributed by atoms with Gasteiger partial charge < -0.3 is 0 Å². The molecule has 3 nitrogen and oxygen atoms in total. The van der Waals surface area contributed by atoms with Gasteiger partial charge in [-0.15, -0.1) is 0 Å². The SMILES string of the molecule is CCCCCCCCCC(C)(C)SN1C(=O)CSC1=O. The molecule has 1 fully saturated rings. The largest absolute Gasteiger partial charge is 0.299 e. The standard InChI is InChI=1S/C15H27NO2S2/c1-4-5-6-7-8-9-10-11-15(2,3)20-16-13(17)12-19-14(16)18/h4-12H2,1-3H3. The molecule has 1 rings (SSSR count). The summed E-state index contributed by atoms with van der Waals surface area (Å²) in [5.41, 5.74) is 0. The summed E-state index contributed by atoms with van der Waals surface area (Å²) in [6, 6.07) is 0. The monoisotopic (exact) mass is 317 g/mol. The second-order valence-electron chi connectivity index (χ2n) is 5.96. The fourth-order valence-electron chi connectivity index (χ4n) is 2.23. The first-order valence-electron chi connectivity index (χ1n) is 7.65. The second kappa shape index (κ2) is 8.98. The Hall–Kier alpha value is -0.160. The van der Waals surface area contributed by atoms with Gasteiger partial charge in [0.2, 0.25) is 0 Å². The lowest BCUT2D eigenvalue weighted by molar-refractivity contribution is -0.120. The molecular weight excluding hydrogens is 290 g/mol. The van der Waals surface area contributed by atoms with E-state index in [9.17, 15) is 9.59 Å². The molecule has 0 spiro atoms. The van der Waals surface area contributed by atoms with Crippen LogP contribution in [0.1, 0.15) is 72.1 Å². The van der Waals surface area contributed by atoms with Crippen LogP contribution in [-0.2, 0) is 4.79 Å². The van der Waals surface area contributed by atoms with Gasteiger partial charge in [0.15, 0.2) is 0 Å². The Bertz CT molecular complexity index is 316. The molecule has 0 unspecified atom stereocenters. The number of unbranched alkanes of at least 4 members (excludes halogenated alkanes) is 6. The first-order valence-corrected chi connectivity index (χ1v) is 9.41. The summed E-state index contributed by atoms with van der Waals surface area (Å²) < 4.78 is 1.31. The van der Waals surface area contributed by atoms with Crippen LogP contribution in [-0.4, -0.2) is 26.0 Å². The number of thioether (sulfide) groups is 1. The molecule has 20 heavy (non-hydrogen) atoms. The maximum atomic E-state index is 11.6. The van der Waals surface area contributed by atoms with E-state index in [0.29, 0.717) is 5.75 Å². The third-order valence-corrected chi connectivity index (χ3v) is 5.62. The number of rotatable bonds is 10. The number of nitrogens with zero attached hydrogens (tertiary/aromatic N) is 1. The van der Waals surface area contributed by atoms with Crippen LogP contribution in [0.3, 0.4) is 0 Å². The van der Waals surface area contributed by atoms with E-state index in [2.05, 4.69) is 20.8 Å². The lowest BCUT2D eigenvalue weighted by Gasteiger charge is -2.27. The molecule has 0 N–H and O–H groups in total. The van der Waals surface area contributed by atoms with Gasteiger partial charge in [-0.05, 0) is 32.2 Å². The van der Waals surface area contributed by atoms with Crippen molar-refractivity contribution >= 4 is 34.9 Å². The fourth-order valence-corrected chi connectivity index (χ4v) is 4.15. The summed E-state index contributed by atoms with van der Waals surface area (Å²) in [6.07, 6.45) is 10.1. The molecule has 1 saturated heterocycles. The number of carbonyl (C=O) groups is 2. The van der Waals surface area contributed by atoms with Crippen LogP contribution in [0.15, 0.2) is 0 Å². The van der Waals surface area contributed by atoms with Gasteiger partial charge >= 0.3 is 0 Å². The van der Waals surface area contributed by atoms with Crippen LogP contribution < -0.4 is 0 Å². The van der Waals surface area contributed by atoms with Gasteiger partial charge in [-0.25, -0.2) is 4.31 Å². The van der Waals surface area contributed by atoms with E-state index in [1.54, 1.807) is 0 Å². The molecular formula is C15H27NO2S2. The maximum Gasteiger partial charge on any atom is 0.299 e. The normalized spacial score (nSPS) is 16.2. The molecule has 0 aromatic rings. The van der Waals surface area contributed by atoms with E-state index in [1.807, 2.05) is 0 Å². The summed E-state index contributed by atoms with van der Waals surface area (Å²) in [7, 11) is 0. The van der Waals surface area contributed by atoms with E-state index < -0.39 is 0 Å². The minimum absolute atomic E-state index is 0.0420. The highest BCUT2D eigenvalue weighted by atomic mass is 32.2. The molecule has 0 bridgehead atoms. The van der Waals surface area contributed by atoms with Crippen molar-refractivity contribution in [3.63, 3.8) is 0 Å². The molecule has 116 valence electrons. The van der Waals surface area contributed by atoms with Crippen molar-refractivity contribution in [3.8, 4) is 0 Å². The molecule has 1 heterocycles. The second-order valence-corrected chi connectivity index (χ2v) is 8.54. The lowest BCUT2D eigenvalue weighted by atomic mass is 10.0. The first kappa shape index (κ1) is 17.9. The first-order chi connectivity index (χ1) is 9.46. The zero-order valence-electron chi connectivity index (χ0n) is 12.9. The smallest absolute Gasteiger partial charge is 0.272 e. The summed E-state index contributed by atoms with van der Waals surface area (Å²) >= 11 is 2.52. The number of hydrogen-bond donors (Lipinski definition) is 0. The fraction of sp³-hybridized carbons (Fsp3) is 0.867. The topological polar surface area (TPSA) is 37.4 Å². The number of amides is 2. The number of imide groups is 1. The Labute approximate surface area is 131 Å². The summed E-state index contributed by atoms with van der Waals surface area (Å²) in [4.78, 5) is 23.2. The Morgan fingerprint density at radius 2 is 1.70 bits per heavy atom.